The molecule has 4 aliphatic heterocycles. The molecule has 3 aromatic rings. The average molecular weight is 549 g/mol. The molecule has 1 aromatic carbocycles. The van der Waals surface area contributed by atoms with Gasteiger partial charge in [0.05, 0.1) is 41.0 Å². The second kappa shape index (κ2) is 10.3. The summed E-state index contributed by atoms with van der Waals surface area (Å²) in [6, 6.07) is 7.84. The topological polar surface area (TPSA) is 162 Å². The number of anilines is 1. The molecule has 5 N–H and O–H groups in total. The summed E-state index contributed by atoms with van der Waals surface area (Å²) >= 11 is 0. The van der Waals surface area contributed by atoms with E-state index in [2.05, 4.69) is 10.3 Å². The third kappa shape index (κ3) is 4.07. The maximum Gasteiger partial charge on any atom is 0.261 e. The van der Waals surface area contributed by atoms with Gasteiger partial charge >= 0.3 is 0 Å². The summed E-state index contributed by atoms with van der Waals surface area (Å²) in [5.74, 6) is -1.55. The number of rotatable bonds is 3. The number of halogens is 1. The van der Waals surface area contributed by atoms with Crippen molar-refractivity contribution in [2.75, 3.05) is 31.1 Å². The zero-order valence-corrected chi connectivity index (χ0v) is 21.6. The van der Waals surface area contributed by atoms with Gasteiger partial charge in [-0.05, 0) is 49.1 Å². The lowest BCUT2D eigenvalue weighted by Crippen LogP contribution is -2.49. The highest BCUT2D eigenvalue weighted by Crippen LogP contribution is 2.41. The first-order valence-electron chi connectivity index (χ1n) is 13.0. The number of carbonyl (C=O) groups excluding carboxylic acids is 3. The number of likely N-dealkylation sites (tertiary alicyclic amines) is 1. The number of fused-ring (bicyclic) bond motifs is 1. The number of aliphatic imine (C=N–C) groups is 1. The van der Waals surface area contributed by atoms with Crippen LogP contribution in [0, 0.1) is 5.82 Å². The third-order valence-electron chi connectivity index (χ3n) is 7.89. The minimum absolute atomic E-state index is 0. The number of nitrogens with one attached hydrogen (secondary N) is 1. The Morgan fingerprint density at radius 2 is 1.77 bits per heavy atom. The molecular formula is C28H29FN6O5. The number of aromatic nitrogens is 2. The summed E-state index contributed by atoms with van der Waals surface area (Å²) < 4.78 is 16.8. The van der Waals surface area contributed by atoms with Crippen molar-refractivity contribution < 1.29 is 29.7 Å². The van der Waals surface area contributed by atoms with Gasteiger partial charge in [-0.3, -0.25) is 29.1 Å². The van der Waals surface area contributed by atoms with Crippen molar-refractivity contribution in [2.45, 2.75) is 31.7 Å². The smallest absolute Gasteiger partial charge is 0.261 e. The van der Waals surface area contributed by atoms with Crippen LogP contribution in [0.1, 0.15) is 36.1 Å². The van der Waals surface area contributed by atoms with Crippen LogP contribution in [-0.4, -0.2) is 80.9 Å². The van der Waals surface area contributed by atoms with Crippen molar-refractivity contribution in [3.63, 3.8) is 0 Å². The zero-order valence-electron chi connectivity index (χ0n) is 21.6. The third-order valence-corrected chi connectivity index (χ3v) is 7.89. The second-order valence-corrected chi connectivity index (χ2v) is 10.1. The summed E-state index contributed by atoms with van der Waals surface area (Å²) in [4.78, 5) is 52.9. The van der Waals surface area contributed by atoms with Crippen molar-refractivity contribution in [3.8, 4) is 0 Å². The van der Waals surface area contributed by atoms with E-state index in [4.69, 9.17) is 4.99 Å². The molecule has 0 saturated carbocycles. The van der Waals surface area contributed by atoms with Crippen LogP contribution >= 0.6 is 0 Å². The number of imidazole rings is 1. The molecule has 0 spiro atoms. The molecule has 1 fully saturated rings. The van der Waals surface area contributed by atoms with Gasteiger partial charge < -0.3 is 20.8 Å². The first kappa shape index (κ1) is 27.2. The highest BCUT2D eigenvalue weighted by atomic mass is 19.1. The summed E-state index contributed by atoms with van der Waals surface area (Å²) in [5.41, 5.74) is 3.45. The number of imide groups is 1. The Balaban J connectivity index is 0.00000161. The number of hydrogen-bond donors (Lipinski definition) is 1. The fourth-order valence-electron chi connectivity index (χ4n) is 6.23. The number of piperidine rings is 1. The molecule has 0 aliphatic carbocycles. The minimum atomic E-state index is -0.583. The molecular weight excluding hydrogens is 519 g/mol. The zero-order chi connectivity index (χ0) is 26.0. The Hall–Kier alpha value is -4.42. The van der Waals surface area contributed by atoms with E-state index in [-0.39, 0.29) is 33.7 Å². The van der Waals surface area contributed by atoms with Crippen molar-refractivity contribution >= 4 is 40.3 Å². The number of carbonyl (C=O) groups is 3. The van der Waals surface area contributed by atoms with Gasteiger partial charge in [0, 0.05) is 37.8 Å². The van der Waals surface area contributed by atoms with E-state index in [1.807, 2.05) is 21.9 Å². The van der Waals surface area contributed by atoms with Crippen LogP contribution in [0.3, 0.4) is 0 Å². The number of pyridine rings is 1. The number of benzene rings is 1. The van der Waals surface area contributed by atoms with Crippen LogP contribution < -0.4 is 10.2 Å². The van der Waals surface area contributed by atoms with Gasteiger partial charge in [-0.2, -0.15) is 0 Å². The van der Waals surface area contributed by atoms with Gasteiger partial charge in [0.15, 0.2) is 0 Å². The molecule has 7 rings (SSSR count). The number of nitrogens with zero attached hydrogens (tertiary/aromatic N) is 5. The van der Waals surface area contributed by atoms with E-state index in [1.165, 1.54) is 12.1 Å². The fraction of sp³-hybridized carbons (Fsp3) is 0.321. The molecule has 0 bridgehead atoms. The summed E-state index contributed by atoms with van der Waals surface area (Å²) in [6.45, 7) is 2.22. The molecule has 4 aliphatic rings. The van der Waals surface area contributed by atoms with Crippen molar-refractivity contribution in [1.29, 1.82) is 0 Å². The number of amides is 3. The van der Waals surface area contributed by atoms with Crippen molar-refractivity contribution in [1.82, 2.24) is 19.6 Å². The molecule has 12 heteroatoms. The van der Waals surface area contributed by atoms with Crippen LogP contribution in [0.2, 0.25) is 0 Å². The first-order valence-corrected chi connectivity index (χ1v) is 13.0. The molecule has 6 heterocycles. The normalized spacial score (nSPS) is 20.0. The van der Waals surface area contributed by atoms with Gasteiger partial charge in [-0.1, -0.05) is 6.07 Å². The molecule has 40 heavy (non-hydrogen) atoms. The van der Waals surface area contributed by atoms with E-state index in [9.17, 15) is 14.4 Å². The van der Waals surface area contributed by atoms with Crippen LogP contribution in [0.15, 0.2) is 53.3 Å². The molecule has 2 aromatic heterocycles. The van der Waals surface area contributed by atoms with E-state index < -0.39 is 23.7 Å². The Morgan fingerprint density at radius 3 is 2.58 bits per heavy atom. The number of hydrogen-bond acceptors (Lipinski definition) is 6. The Bertz CT molecular complexity index is 1610. The van der Waals surface area contributed by atoms with Crippen molar-refractivity contribution in [3.05, 3.63) is 70.9 Å². The molecule has 208 valence electrons. The monoisotopic (exact) mass is 548 g/mol. The first-order chi connectivity index (χ1) is 18.5. The van der Waals surface area contributed by atoms with Crippen LogP contribution in [0.4, 0.5) is 10.1 Å². The lowest BCUT2D eigenvalue weighted by Gasteiger charge is -2.33. The molecule has 0 radical (unpaired) electrons. The Labute approximate surface area is 228 Å². The van der Waals surface area contributed by atoms with Gasteiger partial charge in [0.25, 0.3) is 11.8 Å². The maximum absolute atomic E-state index is 15.0. The predicted octanol–water partition coefficient (Wildman–Crippen LogP) is 0.480. The van der Waals surface area contributed by atoms with E-state index in [0.29, 0.717) is 42.0 Å². The molecule has 1 saturated heterocycles. The lowest BCUT2D eigenvalue weighted by atomic mass is 9.94. The molecule has 1 atom stereocenters. The van der Waals surface area contributed by atoms with Crippen LogP contribution in [0.5, 0.6) is 0 Å². The highest BCUT2D eigenvalue weighted by Gasteiger charge is 2.43. The SMILES string of the molecule is O.O.O=C1NC(=O)C(c2cnc3ccccn23)=C1C1=NCCN2c3c(cc(F)cc31)CC2C(=O)N1CCCCC1. The van der Waals surface area contributed by atoms with E-state index in [0.717, 1.165) is 38.0 Å². The second-order valence-electron chi connectivity index (χ2n) is 10.1. The molecule has 3 amide bonds. The Kier molecular flexibility index (Phi) is 6.98. The van der Waals surface area contributed by atoms with E-state index in [1.54, 1.807) is 22.9 Å². The van der Waals surface area contributed by atoms with E-state index >= 15 is 4.39 Å². The van der Waals surface area contributed by atoms with Crippen LogP contribution in [0.25, 0.3) is 11.2 Å². The van der Waals surface area contributed by atoms with Gasteiger partial charge in [-0.15, -0.1) is 0 Å². The summed E-state index contributed by atoms with van der Waals surface area (Å²) in [6.07, 6.45) is 6.81. The molecule has 11 nitrogen and oxygen atoms in total. The summed E-state index contributed by atoms with van der Waals surface area (Å²) in [7, 11) is 0. The maximum atomic E-state index is 15.0. The minimum Gasteiger partial charge on any atom is -0.412 e. The van der Waals surface area contributed by atoms with Gasteiger partial charge in [0.1, 0.15) is 17.5 Å². The van der Waals surface area contributed by atoms with Crippen LogP contribution in [-0.2, 0) is 20.8 Å². The average Bonchev–Trinajstić information content (AvgIpc) is 3.55. The van der Waals surface area contributed by atoms with Gasteiger partial charge in [0.2, 0.25) is 5.91 Å². The van der Waals surface area contributed by atoms with Gasteiger partial charge in [-0.25, -0.2) is 9.37 Å². The standard InChI is InChI=1S/C28H25FN6O3.2H2O/c29-17-12-16-13-19(28(38)33-8-3-1-4-9-33)35-11-7-30-24(18(14-17)25(16)35)23-22(26(36)32-27(23)37)20-15-31-21-6-2-5-10-34(20)21;;/h2,5-6,10,12,14-15,19H,1,3-4,7-9,11,13H2,(H,32,36,37);2*1H2. The van der Waals surface area contributed by atoms with Crippen molar-refractivity contribution in [2.24, 2.45) is 4.99 Å². The quantitative estimate of drug-likeness (QED) is 0.470. The predicted molar refractivity (Wildman–Crippen MR) is 146 cm³/mol. The Morgan fingerprint density at radius 1 is 1.00 bits per heavy atom. The molecule has 1 unspecified atom stereocenters. The fourth-order valence-corrected chi connectivity index (χ4v) is 6.23. The largest absolute Gasteiger partial charge is 0.412 e. The highest BCUT2D eigenvalue weighted by molar-refractivity contribution is 6.47. The lowest BCUT2D eigenvalue weighted by molar-refractivity contribution is -0.133. The summed E-state index contributed by atoms with van der Waals surface area (Å²) in [5, 5.41) is 2.40.